The fourth-order valence-corrected chi connectivity index (χ4v) is 3.17. The maximum atomic E-state index is 12.8. The van der Waals surface area contributed by atoms with Gasteiger partial charge in [-0.1, -0.05) is 13.0 Å². The van der Waals surface area contributed by atoms with E-state index in [9.17, 15) is 4.79 Å². The van der Waals surface area contributed by atoms with Gasteiger partial charge in [-0.05, 0) is 56.4 Å². The highest BCUT2D eigenvalue weighted by Gasteiger charge is 2.25. The van der Waals surface area contributed by atoms with Crippen molar-refractivity contribution in [3.05, 3.63) is 29.3 Å². The van der Waals surface area contributed by atoms with Crippen molar-refractivity contribution in [3.8, 4) is 11.5 Å². The minimum atomic E-state index is 0.145. The standard InChI is InChI=1S/C19H27NO3/c1-5-16-8-6-7-11-20(16)19(21)14(2)12-15-9-10-17(22-3)18(13-15)23-4/h9-10,12-13,16H,5-8,11H2,1-4H3/b14-12+. The lowest BCUT2D eigenvalue weighted by Gasteiger charge is -2.35. The molecule has 1 fully saturated rings. The van der Waals surface area contributed by atoms with Crippen LogP contribution in [0.3, 0.4) is 0 Å². The van der Waals surface area contributed by atoms with E-state index in [2.05, 4.69) is 6.92 Å². The van der Waals surface area contributed by atoms with Crippen LogP contribution in [-0.4, -0.2) is 37.6 Å². The van der Waals surface area contributed by atoms with Crippen molar-refractivity contribution in [3.63, 3.8) is 0 Å². The monoisotopic (exact) mass is 317 g/mol. The molecule has 0 bridgehead atoms. The second kappa shape index (κ2) is 8.04. The van der Waals surface area contributed by atoms with Gasteiger partial charge in [-0.25, -0.2) is 0 Å². The lowest BCUT2D eigenvalue weighted by Crippen LogP contribution is -2.43. The first kappa shape index (κ1) is 17.4. The molecule has 1 aromatic rings. The molecule has 0 aromatic heterocycles. The van der Waals surface area contributed by atoms with Gasteiger partial charge in [0.2, 0.25) is 5.91 Å². The van der Waals surface area contributed by atoms with Gasteiger partial charge in [0.05, 0.1) is 14.2 Å². The number of methoxy groups -OCH3 is 2. The van der Waals surface area contributed by atoms with Gasteiger partial charge in [0.25, 0.3) is 0 Å². The Kier molecular flexibility index (Phi) is 6.08. The van der Waals surface area contributed by atoms with Crippen molar-refractivity contribution >= 4 is 12.0 Å². The number of nitrogens with zero attached hydrogens (tertiary/aromatic N) is 1. The van der Waals surface area contributed by atoms with Crippen molar-refractivity contribution in [2.75, 3.05) is 20.8 Å². The zero-order valence-electron chi connectivity index (χ0n) is 14.6. The van der Waals surface area contributed by atoms with E-state index < -0.39 is 0 Å². The van der Waals surface area contributed by atoms with Gasteiger partial charge < -0.3 is 14.4 Å². The summed E-state index contributed by atoms with van der Waals surface area (Å²) in [5.41, 5.74) is 1.70. The average molecular weight is 317 g/mol. The molecule has 0 aliphatic carbocycles. The second-order valence-corrected chi connectivity index (χ2v) is 6.00. The Morgan fingerprint density at radius 2 is 2.00 bits per heavy atom. The summed E-state index contributed by atoms with van der Waals surface area (Å²) < 4.78 is 10.6. The molecule has 1 saturated heterocycles. The molecule has 0 spiro atoms. The summed E-state index contributed by atoms with van der Waals surface area (Å²) in [6.07, 6.45) is 6.39. The molecule has 1 aliphatic heterocycles. The third-order valence-corrected chi connectivity index (χ3v) is 4.49. The normalized spacial score (nSPS) is 18.7. The van der Waals surface area contributed by atoms with Crippen LogP contribution in [0.2, 0.25) is 0 Å². The second-order valence-electron chi connectivity index (χ2n) is 6.00. The minimum Gasteiger partial charge on any atom is -0.493 e. The molecule has 1 amide bonds. The number of carbonyl (C=O) groups excluding carboxylic acids is 1. The van der Waals surface area contributed by atoms with Crippen LogP contribution in [0.15, 0.2) is 23.8 Å². The van der Waals surface area contributed by atoms with E-state index in [0.717, 1.165) is 36.9 Å². The van der Waals surface area contributed by atoms with Crippen LogP contribution in [0.1, 0.15) is 45.1 Å². The first-order valence-corrected chi connectivity index (χ1v) is 8.32. The maximum absolute atomic E-state index is 12.8. The molecule has 0 N–H and O–H groups in total. The molecule has 126 valence electrons. The third kappa shape index (κ3) is 4.06. The van der Waals surface area contributed by atoms with Crippen molar-refractivity contribution in [2.24, 2.45) is 0 Å². The van der Waals surface area contributed by atoms with Crippen LogP contribution in [0, 0.1) is 0 Å². The highest BCUT2D eigenvalue weighted by molar-refractivity contribution is 5.97. The summed E-state index contributed by atoms with van der Waals surface area (Å²) in [5.74, 6) is 1.51. The van der Waals surface area contributed by atoms with Crippen molar-refractivity contribution in [2.45, 2.75) is 45.6 Å². The number of likely N-dealkylation sites (tertiary alicyclic amines) is 1. The summed E-state index contributed by atoms with van der Waals surface area (Å²) in [4.78, 5) is 14.8. The Morgan fingerprint density at radius 3 is 2.65 bits per heavy atom. The molecule has 0 saturated carbocycles. The molecule has 4 nitrogen and oxygen atoms in total. The minimum absolute atomic E-state index is 0.145. The number of hydrogen-bond acceptors (Lipinski definition) is 3. The van der Waals surface area contributed by atoms with Crippen LogP contribution in [-0.2, 0) is 4.79 Å². The summed E-state index contributed by atoms with van der Waals surface area (Å²) in [6.45, 7) is 4.92. The Labute approximate surface area is 139 Å². The van der Waals surface area contributed by atoms with E-state index in [1.165, 1.54) is 6.42 Å². The van der Waals surface area contributed by atoms with E-state index >= 15 is 0 Å². The number of hydrogen-bond donors (Lipinski definition) is 0. The Morgan fingerprint density at radius 1 is 1.26 bits per heavy atom. The zero-order chi connectivity index (χ0) is 16.8. The van der Waals surface area contributed by atoms with Gasteiger partial charge in [0.15, 0.2) is 11.5 Å². The lowest BCUT2D eigenvalue weighted by molar-refractivity contribution is -0.130. The molecular weight excluding hydrogens is 290 g/mol. The van der Waals surface area contributed by atoms with E-state index in [0.29, 0.717) is 17.5 Å². The molecule has 23 heavy (non-hydrogen) atoms. The maximum Gasteiger partial charge on any atom is 0.249 e. The predicted molar refractivity (Wildman–Crippen MR) is 92.8 cm³/mol. The van der Waals surface area contributed by atoms with E-state index in [-0.39, 0.29) is 5.91 Å². The van der Waals surface area contributed by atoms with E-state index in [1.807, 2.05) is 36.1 Å². The fraction of sp³-hybridized carbons (Fsp3) is 0.526. The molecule has 1 unspecified atom stereocenters. The molecule has 1 atom stereocenters. The van der Waals surface area contributed by atoms with Gasteiger partial charge in [-0.2, -0.15) is 0 Å². The first-order valence-electron chi connectivity index (χ1n) is 8.32. The number of rotatable bonds is 5. The molecular formula is C19H27NO3. The van der Waals surface area contributed by atoms with Crippen LogP contribution in [0.5, 0.6) is 11.5 Å². The highest BCUT2D eigenvalue weighted by atomic mass is 16.5. The Balaban J connectivity index is 2.19. The van der Waals surface area contributed by atoms with Crippen LogP contribution >= 0.6 is 0 Å². The number of carbonyl (C=O) groups is 1. The highest BCUT2D eigenvalue weighted by Crippen LogP contribution is 2.29. The molecule has 1 heterocycles. The number of benzene rings is 1. The summed E-state index contributed by atoms with van der Waals surface area (Å²) in [7, 11) is 3.23. The van der Waals surface area contributed by atoms with Crippen LogP contribution < -0.4 is 9.47 Å². The van der Waals surface area contributed by atoms with Gasteiger partial charge in [-0.3, -0.25) is 4.79 Å². The van der Waals surface area contributed by atoms with Gasteiger partial charge in [0, 0.05) is 18.2 Å². The molecule has 2 rings (SSSR count). The van der Waals surface area contributed by atoms with E-state index in [1.54, 1.807) is 14.2 Å². The number of piperidine rings is 1. The SMILES string of the molecule is CCC1CCCCN1C(=O)/C(C)=C/c1ccc(OC)c(OC)c1. The number of amides is 1. The first-order chi connectivity index (χ1) is 11.1. The largest absolute Gasteiger partial charge is 0.493 e. The molecule has 4 heteroatoms. The van der Waals surface area contributed by atoms with Gasteiger partial charge in [-0.15, -0.1) is 0 Å². The molecule has 1 aliphatic rings. The zero-order valence-corrected chi connectivity index (χ0v) is 14.6. The van der Waals surface area contributed by atoms with Crippen molar-refractivity contribution in [1.82, 2.24) is 4.90 Å². The van der Waals surface area contributed by atoms with Crippen LogP contribution in [0.4, 0.5) is 0 Å². The quantitative estimate of drug-likeness (QED) is 0.773. The van der Waals surface area contributed by atoms with Crippen molar-refractivity contribution < 1.29 is 14.3 Å². The predicted octanol–water partition coefficient (Wildman–Crippen LogP) is 3.90. The summed E-state index contributed by atoms with van der Waals surface area (Å²) >= 11 is 0. The van der Waals surface area contributed by atoms with Crippen LogP contribution in [0.25, 0.3) is 6.08 Å². The fourth-order valence-electron chi connectivity index (χ4n) is 3.17. The topological polar surface area (TPSA) is 38.8 Å². The Bertz CT molecular complexity index is 580. The lowest BCUT2D eigenvalue weighted by atomic mass is 9.98. The van der Waals surface area contributed by atoms with E-state index in [4.69, 9.17) is 9.47 Å². The summed E-state index contributed by atoms with van der Waals surface area (Å²) in [6, 6.07) is 6.07. The van der Waals surface area contributed by atoms with Gasteiger partial charge in [0.1, 0.15) is 0 Å². The Hall–Kier alpha value is -1.97. The van der Waals surface area contributed by atoms with Gasteiger partial charge >= 0.3 is 0 Å². The number of ether oxygens (including phenoxy) is 2. The average Bonchev–Trinajstić information content (AvgIpc) is 2.60. The smallest absolute Gasteiger partial charge is 0.249 e. The third-order valence-electron chi connectivity index (χ3n) is 4.49. The van der Waals surface area contributed by atoms with Crippen molar-refractivity contribution in [1.29, 1.82) is 0 Å². The summed E-state index contributed by atoms with van der Waals surface area (Å²) in [5, 5.41) is 0. The molecule has 0 radical (unpaired) electrons. The molecule has 1 aromatic carbocycles.